The summed E-state index contributed by atoms with van der Waals surface area (Å²) in [5.41, 5.74) is 0. The normalized spacial score (nSPS) is 12.1. The third kappa shape index (κ3) is 28.8. The van der Waals surface area contributed by atoms with Crippen LogP contribution in [0.3, 0.4) is 0 Å². The zero-order chi connectivity index (χ0) is 29.4. The summed E-state index contributed by atoms with van der Waals surface area (Å²) in [4.78, 5) is 34.6. The van der Waals surface area contributed by atoms with Crippen molar-refractivity contribution < 1.29 is 33.8 Å². The van der Waals surface area contributed by atoms with Crippen LogP contribution in [0.25, 0.3) is 0 Å². The highest BCUT2D eigenvalue weighted by Crippen LogP contribution is 2.10. The molecule has 0 rings (SSSR count). The Labute approximate surface area is 238 Å². The number of unbranched alkanes of at least 4 members (excludes halogenated alkanes) is 10. The summed E-state index contributed by atoms with van der Waals surface area (Å²) < 4.78 is 0.367. The maximum absolute atomic E-state index is 11.9. The average Bonchev–Trinajstić information content (AvgIpc) is 2.83. The van der Waals surface area contributed by atoms with Crippen molar-refractivity contribution >= 4 is 17.8 Å². The first-order valence-electron chi connectivity index (χ1n) is 15.2. The van der Waals surface area contributed by atoms with Crippen LogP contribution in [0, 0.1) is 0 Å². The van der Waals surface area contributed by atoms with Gasteiger partial charge < -0.3 is 20.2 Å². The number of carboxylic acids is 1. The molecule has 0 heterocycles. The molecule has 0 atom stereocenters. The lowest BCUT2D eigenvalue weighted by Gasteiger charge is -2.27. The standard InChI is InChI=1S/C30H58N4O5/c1-33(2,27-30(37)38)25-19-23-31-28(35)21-17-15-13-11-9-7-5-6-8-10-12-14-16-18-22-29(36)32-24-20-26-34(3,4)39/h5-6,39H,7-27H2,1-4H3,(H-2,31,32,35,36,37,38)/p+2. The zero-order valence-electron chi connectivity index (χ0n) is 25.5. The van der Waals surface area contributed by atoms with Crippen molar-refractivity contribution in [3.05, 3.63) is 12.2 Å². The molecule has 0 aromatic heterocycles. The monoisotopic (exact) mass is 556 g/mol. The lowest BCUT2D eigenvalue weighted by molar-refractivity contribution is -1.07. The number of carbonyl (C=O) groups is 3. The van der Waals surface area contributed by atoms with E-state index in [1.165, 1.54) is 38.5 Å². The second-order valence-corrected chi connectivity index (χ2v) is 12.0. The molecule has 0 aliphatic carbocycles. The SMILES string of the molecule is C[N+](C)(O)CCCNC(=O)CCCCCCCC=CCCCCCCCC(=O)NCCC[N+](C)(C)CC(=O)O. The lowest BCUT2D eigenvalue weighted by atomic mass is 10.1. The van der Waals surface area contributed by atoms with Crippen LogP contribution in [-0.2, 0) is 14.4 Å². The minimum Gasteiger partial charge on any atom is -0.477 e. The minimum atomic E-state index is -0.797. The van der Waals surface area contributed by atoms with Crippen LogP contribution >= 0.6 is 0 Å². The van der Waals surface area contributed by atoms with Crippen molar-refractivity contribution in [2.75, 3.05) is 60.9 Å². The Morgan fingerprint density at radius 3 is 1.46 bits per heavy atom. The van der Waals surface area contributed by atoms with Crippen LogP contribution in [0.4, 0.5) is 0 Å². The highest BCUT2D eigenvalue weighted by Gasteiger charge is 2.18. The molecule has 0 fully saturated rings. The van der Waals surface area contributed by atoms with Gasteiger partial charge in [-0.3, -0.25) is 9.59 Å². The van der Waals surface area contributed by atoms with E-state index < -0.39 is 5.97 Å². The molecular formula is C30H60N4O5+2. The average molecular weight is 557 g/mol. The fourth-order valence-electron chi connectivity index (χ4n) is 4.44. The van der Waals surface area contributed by atoms with Crippen LogP contribution in [0.2, 0.25) is 0 Å². The highest BCUT2D eigenvalue weighted by atomic mass is 16.5. The molecule has 0 aromatic rings. The van der Waals surface area contributed by atoms with Crippen LogP contribution in [0.5, 0.6) is 0 Å². The molecule has 0 radical (unpaired) electrons. The van der Waals surface area contributed by atoms with E-state index in [0.29, 0.717) is 37.0 Å². The number of nitrogens with one attached hydrogen (secondary N) is 2. The second kappa shape index (κ2) is 22.8. The summed E-state index contributed by atoms with van der Waals surface area (Å²) in [6.45, 7) is 2.70. The second-order valence-electron chi connectivity index (χ2n) is 12.0. The number of carboxylic acid groups (broad SMARTS) is 1. The first kappa shape index (κ1) is 37.0. The Balaban J connectivity index is 3.41. The predicted molar refractivity (Wildman–Crippen MR) is 157 cm³/mol. The molecule has 4 N–H and O–H groups in total. The number of hydrogen-bond donors (Lipinski definition) is 4. The summed E-state index contributed by atoms with van der Waals surface area (Å²) >= 11 is 0. The van der Waals surface area contributed by atoms with Gasteiger partial charge in [0.1, 0.15) is 6.54 Å². The third-order valence-corrected chi connectivity index (χ3v) is 6.75. The lowest BCUT2D eigenvalue weighted by Crippen LogP contribution is -2.45. The van der Waals surface area contributed by atoms with E-state index in [1.807, 2.05) is 14.1 Å². The van der Waals surface area contributed by atoms with Gasteiger partial charge in [0.2, 0.25) is 11.8 Å². The number of quaternary nitrogens is 2. The molecule has 0 aliphatic rings. The molecule has 0 spiro atoms. The van der Waals surface area contributed by atoms with E-state index in [9.17, 15) is 19.6 Å². The molecule has 9 nitrogen and oxygen atoms in total. The predicted octanol–water partition coefficient (Wildman–Crippen LogP) is 4.64. The maximum atomic E-state index is 11.9. The van der Waals surface area contributed by atoms with Crippen LogP contribution in [-0.4, -0.2) is 98.1 Å². The molecule has 0 aliphatic heterocycles. The van der Waals surface area contributed by atoms with E-state index >= 15 is 0 Å². The number of carbonyl (C=O) groups excluding carboxylic acids is 2. The van der Waals surface area contributed by atoms with Gasteiger partial charge in [0, 0.05) is 38.8 Å². The molecule has 2 amide bonds. The number of nitrogens with zero attached hydrogens (tertiary/aromatic N) is 2. The Morgan fingerprint density at radius 1 is 0.615 bits per heavy atom. The minimum absolute atomic E-state index is 0.0600. The third-order valence-electron chi connectivity index (χ3n) is 6.75. The van der Waals surface area contributed by atoms with Gasteiger partial charge in [0.15, 0.2) is 6.54 Å². The molecule has 0 saturated heterocycles. The Kier molecular flexibility index (Phi) is 21.7. The quantitative estimate of drug-likeness (QED) is 0.0536. The Morgan fingerprint density at radius 2 is 1.03 bits per heavy atom. The van der Waals surface area contributed by atoms with Gasteiger partial charge >= 0.3 is 5.97 Å². The maximum Gasteiger partial charge on any atom is 0.359 e. The van der Waals surface area contributed by atoms with Gasteiger partial charge in [-0.15, -0.1) is 0 Å². The van der Waals surface area contributed by atoms with Gasteiger partial charge in [-0.2, -0.15) is 4.65 Å². The van der Waals surface area contributed by atoms with Crippen molar-refractivity contribution in [1.82, 2.24) is 10.6 Å². The summed E-state index contributed by atoms with van der Waals surface area (Å²) in [6.07, 6.45) is 20.8. The van der Waals surface area contributed by atoms with E-state index in [1.54, 1.807) is 14.1 Å². The van der Waals surface area contributed by atoms with E-state index in [-0.39, 0.29) is 23.0 Å². The largest absolute Gasteiger partial charge is 0.477 e. The van der Waals surface area contributed by atoms with Gasteiger partial charge in [0.25, 0.3) is 0 Å². The number of rotatable bonds is 26. The number of aliphatic carboxylic acids is 1. The zero-order valence-corrected chi connectivity index (χ0v) is 25.5. The Bertz CT molecular complexity index is 689. The number of likely N-dealkylation sites (N-methyl/N-ethyl adjacent to an activating group) is 1. The summed E-state index contributed by atoms with van der Waals surface area (Å²) in [5, 5.41) is 24.4. The molecule has 0 saturated carbocycles. The van der Waals surface area contributed by atoms with E-state index in [4.69, 9.17) is 5.11 Å². The van der Waals surface area contributed by atoms with Crippen LogP contribution in [0.15, 0.2) is 12.2 Å². The molecule has 39 heavy (non-hydrogen) atoms. The van der Waals surface area contributed by atoms with Gasteiger partial charge in [-0.1, -0.05) is 50.7 Å². The first-order chi connectivity index (χ1) is 18.4. The molecular weight excluding hydrogens is 496 g/mol. The molecule has 0 aromatic carbocycles. The van der Waals surface area contributed by atoms with Gasteiger partial charge in [-0.25, -0.2) is 10.0 Å². The van der Waals surface area contributed by atoms with Crippen molar-refractivity contribution in [3.63, 3.8) is 0 Å². The van der Waals surface area contributed by atoms with Crippen molar-refractivity contribution in [1.29, 1.82) is 0 Å². The summed E-state index contributed by atoms with van der Waals surface area (Å²) in [7, 11) is 7.25. The topological polar surface area (TPSA) is 116 Å². The molecule has 228 valence electrons. The van der Waals surface area contributed by atoms with Gasteiger partial charge in [-0.05, 0) is 38.5 Å². The van der Waals surface area contributed by atoms with Crippen molar-refractivity contribution in [3.8, 4) is 0 Å². The smallest absolute Gasteiger partial charge is 0.359 e. The van der Waals surface area contributed by atoms with E-state index in [2.05, 4.69) is 22.8 Å². The van der Waals surface area contributed by atoms with Crippen molar-refractivity contribution in [2.45, 2.75) is 103 Å². The van der Waals surface area contributed by atoms with E-state index in [0.717, 1.165) is 57.9 Å². The number of hydrogen-bond acceptors (Lipinski definition) is 4. The fourth-order valence-corrected chi connectivity index (χ4v) is 4.44. The molecule has 0 unspecified atom stereocenters. The fraction of sp³-hybridized carbons (Fsp3) is 0.833. The Hall–Kier alpha value is -1.97. The summed E-state index contributed by atoms with van der Waals surface area (Å²) in [5.74, 6) is -0.580. The first-order valence-corrected chi connectivity index (χ1v) is 15.2. The number of hydroxylamine groups is 3. The van der Waals surface area contributed by atoms with Crippen LogP contribution < -0.4 is 10.6 Å². The highest BCUT2D eigenvalue weighted by molar-refractivity contribution is 5.76. The number of amides is 2. The van der Waals surface area contributed by atoms with Gasteiger partial charge in [0.05, 0.1) is 34.7 Å². The molecule has 0 bridgehead atoms. The number of allylic oxidation sites excluding steroid dienone is 2. The van der Waals surface area contributed by atoms with Crippen molar-refractivity contribution in [2.24, 2.45) is 0 Å². The van der Waals surface area contributed by atoms with Crippen LogP contribution in [0.1, 0.15) is 103 Å². The molecule has 9 heteroatoms. The summed E-state index contributed by atoms with van der Waals surface area (Å²) in [6, 6.07) is 0.